The Morgan fingerprint density at radius 3 is 2.58 bits per heavy atom. The van der Waals surface area contributed by atoms with Gasteiger partial charge in [-0.25, -0.2) is 0 Å². The SMILES string of the molecule is CCC1CC2CC(C)(CC(=O)N3CC(C)CC3C#N)CC(OC(=O)CCC(N)=O)(C1)C2. The van der Waals surface area contributed by atoms with Gasteiger partial charge in [-0.2, -0.15) is 5.26 Å². The molecule has 1 aliphatic heterocycles. The molecule has 2 bridgehead atoms. The number of likely N-dealkylation sites (tertiary alicyclic amines) is 1. The second-order valence-corrected chi connectivity index (χ2v) is 10.8. The van der Waals surface area contributed by atoms with E-state index in [1.807, 2.05) is 0 Å². The van der Waals surface area contributed by atoms with Crippen molar-refractivity contribution in [3.63, 3.8) is 0 Å². The Morgan fingerprint density at radius 2 is 1.94 bits per heavy atom. The highest BCUT2D eigenvalue weighted by atomic mass is 16.6. The van der Waals surface area contributed by atoms with Crippen LogP contribution in [0.2, 0.25) is 0 Å². The van der Waals surface area contributed by atoms with E-state index in [4.69, 9.17) is 10.5 Å². The van der Waals surface area contributed by atoms with E-state index >= 15 is 0 Å². The lowest BCUT2D eigenvalue weighted by Gasteiger charge is -2.54. The Bertz CT molecular complexity index is 762. The molecule has 2 saturated carbocycles. The summed E-state index contributed by atoms with van der Waals surface area (Å²) in [7, 11) is 0. The average molecular weight is 432 g/mol. The van der Waals surface area contributed by atoms with Crippen LogP contribution in [0.5, 0.6) is 0 Å². The molecule has 1 saturated heterocycles. The number of rotatable bonds is 7. The van der Waals surface area contributed by atoms with Crippen molar-refractivity contribution < 1.29 is 19.1 Å². The highest BCUT2D eigenvalue weighted by Crippen LogP contribution is 2.56. The second-order valence-electron chi connectivity index (χ2n) is 10.8. The third kappa shape index (κ3) is 5.58. The van der Waals surface area contributed by atoms with Crippen LogP contribution >= 0.6 is 0 Å². The van der Waals surface area contributed by atoms with Gasteiger partial charge < -0.3 is 15.4 Å². The van der Waals surface area contributed by atoms with Crippen molar-refractivity contribution in [3.05, 3.63) is 0 Å². The molecule has 6 unspecified atom stereocenters. The van der Waals surface area contributed by atoms with Gasteiger partial charge in [-0.1, -0.05) is 27.2 Å². The minimum atomic E-state index is -0.571. The predicted octanol–water partition coefficient (Wildman–Crippen LogP) is 3.31. The Morgan fingerprint density at radius 1 is 1.19 bits per heavy atom. The summed E-state index contributed by atoms with van der Waals surface area (Å²) in [5.74, 6) is 0.426. The second kappa shape index (κ2) is 9.18. The number of nitrogens with two attached hydrogens (primary N) is 1. The number of hydrogen-bond acceptors (Lipinski definition) is 5. The summed E-state index contributed by atoms with van der Waals surface area (Å²) in [5.41, 5.74) is 4.35. The largest absolute Gasteiger partial charge is 0.459 e. The number of fused-ring (bicyclic) bond motifs is 2. The summed E-state index contributed by atoms with van der Waals surface area (Å²) in [6.45, 7) is 7.03. The van der Waals surface area contributed by atoms with Crippen LogP contribution in [0.25, 0.3) is 0 Å². The maximum atomic E-state index is 13.2. The summed E-state index contributed by atoms with van der Waals surface area (Å²) < 4.78 is 6.07. The first kappa shape index (κ1) is 23.6. The van der Waals surface area contributed by atoms with E-state index in [0.29, 0.717) is 37.1 Å². The molecule has 0 aromatic rings. The predicted molar refractivity (Wildman–Crippen MR) is 115 cm³/mol. The maximum absolute atomic E-state index is 13.2. The minimum absolute atomic E-state index is 0.00367. The van der Waals surface area contributed by atoms with Crippen LogP contribution < -0.4 is 5.73 Å². The zero-order valence-corrected chi connectivity index (χ0v) is 19.2. The zero-order valence-electron chi connectivity index (χ0n) is 19.2. The first-order valence-electron chi connectivity index (χ1n) is 11.8. The number of ether oxygens (including phenoxy) is 1. The summed E-state index contributed by atoms with van der Waals surface area (Å²) in [6.07, 6.45) is 6.50. The minimum Gasteiger partial charge on any atom is -0.459 e. The highest BCUT2D eigenvalue weighted by molar-refractivity contribution is 5.80. The molecule has 0 radical (unpaired) electrons. The lowest BCUT2D eigenvalue weighted by Crippen LogP contribution is -2.52. The fourth-order valence-electron chi connectivity index (χ4n) is 6.61. The van der Waals surface area contributed by atoms with Gasteiger partial charge in [-0.3, -0.25) is 14.4 Å². The summed E-state index contributed by atoms with van der Waals surface area (Å²) >= 11 is 0. The van der Waals surface area contributed by atoms with Crippen molar-refractivity contribution in [1.82, 2.24) is 4.90 Å². The molecule has 2 N–H and O–H groups in total. The molecular formula is C24H37N3O4. The van der Waals surface area contributed by atoms with E-state index in [1.54, 1.807) is 4.90 Å². The van der Waals surface area contributed by atoms with Gasteiger partial charge in [0.25, 0.3) is 0 Å². The number of carbonyl (C=O) groups is 3. The van der Waals surface area contributed by atoms with Crippen LogP contribution in [0, 0.1) is 34.5 Å². The van der Waals surface area contributed by atoms with Gasteiger partial charge >= 0.3 is 5.97 Å². The number of hydrogen-bond donors (Lipinski definition) is 1. The van der Waals surface area contributed by atoms with Crippen LogP contribution in [0.4, 0.5) is 0 Å². The van der Waals surface area contributed by atoms with Gasteiger partial charge in [0, 0.05) is 19.4 Å². The third-order valence-corrected chi connectivity index (χ3v) is 7.56. The standard InChI is InChI=1S/C24H37N3O4/c1-4-17-8-18-9-23(3,12-21(29)27-14-16(2)7-19(27)13-25)15-24(10-17,11-18)31-22(30)6-5-20(26)28/h16-19H,4-12,14-15H2,1-3H3,(H2,26,28). The van der Waals surface area contributed by atoms with Gasteiger partial charge in [0.05, 0.1) is 12.5 Å². The van der Waals surface area contributed by atoms with E-state index in [0.717, 1.165) is 38.5 Å². The number of esters is 1. The van der Waals surface area contributed by atoms with Crippen molar-refractivity contribution in [3.8, 4) is 6.07 Å². The molecule has 0 aromatic heterocycles. The fraction of sp³-hybridized carbons (Fsp3) is 0.833. The van der Waals surface area contributed by atoms with Gasteiger partial charge in [-0.15, -0.1) is 0 Å². The molecule has 3 rings (SSSR count). The topological polar surface area (TPSA) is 113 Å². The lowest BCUT2D eigenvalue weighted by atomic mass is 9.56. The van der Waals surface area contributed by atoms with Crippen molar-refractivity contribution in [2.24, 2.45) is 28.9 Å². The molecular weight excluding hydrogens is 394 g/mol. The Hall–Kier alpha value is -2.10. The molecule has 31 heavy (non-hydrogen) atoms. The van der Waals surface area contributed by atoms with E-state index in [2.05, 4.69) is 26.8 Å². The van der Waals surface area contributed by atoms with Crippen LogP contribution in [-0.2, 0) is 19.1 Å². The van der Waals surface area contributed by atoms with Crippen molar-refractivity contribution in [2.45, 2.75) is 96.6 Å². The van der Waals surface area contributed by atoms with Gasteiger partial charge in [0.2, 0.25) is 11.8 Å². The molecule has 7 heteroatoms. The van der Waals surface area contributed by atoms with Crippen LogP contribution in [0.3, 0.4) is 0 Å². The van der Waals surface area contributed by atoms with Gasteiger partial charge in [-0.05, 0) is 61.7 Å². The molecule has 2 amide bonds. The van der Waals surface area contributed by atoms with E-state index in [1.165, 1.54) is 0 Å². The Kier molecular flexibility index (Phi) is 6.98. The highest BCUT2D eigenvalue weighted by Gasteiger charge is 2.53. The molecule has 3 aliphatic rings. The number of nitrogens with zero attached hydrogens (tertiary/aromatic N) is 2. The molecule has 2 aliphatic carbocycles. The monoisotopic (exact) mass is 431 g/mol. The number of primary amides is 1. The number of carbonyl (C=O) groups excluding carboxylic acids is 3. The van der Waals surface area contributed by atoms with Crippen molar-refractivity contribution in [2.75, 3.05) is 6.54 Å². The average Bonchev–Trinajstić information content (AvgIpc) is 3.05. The molecule has 1 heterocycles. The van der Waals surface area contributed by atoms with E-state index in [-0.39, 0.29) is 36.2 Å². The zero-order chi connectivity index (χ0) is 22.8. The summed E-state index contributed by atoms with van der Waals surface area (Å²) in [4.78, 5) is 38.5. The Balaban J connectivity index is 1.75. The number of amides is 2. The molecule has 172 valence electrons. The van der Waals surface area contributed by atoms with Crippen molar-refractivity contribution in [1.29, 1.82) is 5.26 Å². The van der Waals surface area contributed by atoms with Gasteiger partial charge in [0.1, 0.15) is 11.6 Å². The molecule has 0 spiro atoms. The maximum Gasteiger partial charge on any atom is 0.306 e. The quantitative estimate of drug-likeness (QED) is 0.621. The summed E-state index contributed by atoms with van der Waals surface area (Å²) in [6, 6.07) is 1.95. The molecule has 7 nitrogen and oxygen atoms in total. The molecule has 0 aromatic carbocycles. The van der Waals surface area contributed by atoms with E-state index in [9.17, 15) is 19.6 Å². The smallest absolute Gasteiger partial charge is 0.306 e. The first-order valence-corrected chi connectivity index (χ1v) is 11.8. The third-order valence-electron chi connectivity index (χ3n) is 7.56. The fourth-order valence-corrected chi connectivity index (χ4v) is 6.61. The first-order chi connectivity index (χ1) is 14.6. The van der Waals surface area contributed by atoms with Crippen LogP contribution in [0.15, 0.2) is 0 Å². The lowest BCUT2D eigenvalue weighted by molar-refractivity contribution is -0.183. The Labute approximate surface area is 185 Å². The van der Waals surface area contributed by atoms with Crippen molar-refractivity contribution >= 4 is 17.8 Å². The van der Waals surface area contributed by atoms with Gasteiger partial charge in [0.15, 0.2) is 0 Å². The van der Waals surface area contributed by atoms with Crippen LogP contribution in [-0.4, -0.2) is 40.9 Å². The summed E-state index contributed by atoms with van der Waals surface area (Å²) in [5, 5.41) is 9.46. The van der Waals surface area contributed by atoms with E-state index < -0.39 is 11.5 Å². The van der Waals surface area contributed by atoms with Crippen LogP contribution in [0.1, 0.15) is 85.0 Å². The normalized spacial score (nSPS) is 37.2. The number of nitriles is 1. The molecule has 3 fully saturated rings. The molecule has 6 atom stereocenters.